The molecule has 0 heterocycles. The molecule has 0 radical (unpaired) electrons. The molecule has 0 aliphatic rings. The molecule has 1 aromatic carbocycles. The van der Waals surface area contributed by atoms with E-state index in [0.29, 0.717) is 0 Å². The predicted octanol–water partition coefficient (Wildman–Crippen LogP) is 2.22. The molecule has 130 valence electrons. The molecule has 4 nitrogen and oxygen atoms in total. The Morgan fingerprint density at radius 2 is 1.22 bits per heavy atom. The van der Waals surface area contributed by atoms with Crippen LogP contribution in [0.15, 0.2) is 30.3 Å². The molecule has 1 rings (SSSR count). The van der Waals surface area contributed by atoms with Gasteiger partial charge in [-0.2, -0.15) is 8.42 Å². The molecule has 2 N–H and O–H groups in total. The molecule has 0 saturated heterocycles. The van der Waals surface area contributed by atoms with Gasteiger partial charge in [0.1, 0.15) is 0 Å². The third-order valence-electron chi connectivity index (χ3n) is 3.41. The number of benzene rings is 1. The summed E-state index contributed by atoms with van der Waals surface area (Å²) >= 11 is 0. The Kier molecular flexibility index (Phi) is 18.6. The zero-order valence-electron chi connectivity index (χ0n) is 15.6. The molecule has 0 bridgehead atoms. The van der Waals surface area contributed by atoms with Crippen LogP contribution in [-0.2, 0) is 16.8 Å². The number of rotatable bonds is 10. The first-order valence-electron chi connectivity index (χ1n) is 8.17. The minimum Gasteiger partial charge on any atom is -1.00 e. The fourth-order valence-corrected chi connectivity index (χ4v) is 2.28. The van der Waals surface area contributed by atoms with Gasteiger partial charge in [-0.05, 0) is 18.4 Å². The third-order valence-corrected chi connectivity index (χ3v) is 3.41. The average Bonchev–Trinajstić information content (AvgIpc) is 2.45. The zero-order valence-corrected chi connectivity index (χ0v) is 17.4. The summed E-state index contributed by atoms with van der Waals surface area (Å²) in [5.74, 6) is 0. The summed E-state index contributed by atoms with van der Waals surface area (Å²) in [6.07, 6.45) is 14.0. The maximum absolute atomic E-state index is 8.74. The van der Waals surface area contributed by atoms with Gasteiger partial charge in [0.2, 0.25) is 0 Å². The fraction of sp³-hybridized carbons (Fsp3) is 0.647. The second-order valence-electron chi connectivity index (χ2n) is 5.51. The Morgan fingerprint density at radius 3 is 1.65 bits per heavy atom. The van der Waals surface area contributed by atoms with Gasteiger partial charge in [0, 0.05) is 0 Å². The Labute approximate surface area is 165 Å². The van der Waals surface area contributed by atoms with Crippen molar-refractivity contribution < 1.29 is 48.5 Å². The van der Waals surface area contributed by atoms with E-state index in [0.717, 1.165) is 0 Å². The molecule has 0 saturated carbocycles. The van der Waals surface area contributed by atoms with Gasteiger partial charge in [-0.15, -0.1) is 0 Å². The summed E-state index contributed by atoms with van der Waals surface area (Å²) in [5.41, 5.74) is 1.50. The van der Waals surface area contributed by atoms with Crippen LogP contribution in [0.2, 0.25) is 0 Å². The summed E-state index contributed by atoms with van der Waals surface area (Å²) in [5, 5.41) is 0. The largest absolute Gasteiger partial charge is 1.00 e. The van der Waals surface area contributed by atoms with E-state index in [1.165, 1.54) is 69.8 Å². The molecular formula is C17H31NaO4S. The van der Waals surface area contributed by atoms with E-state index in [4.69, 9.17) is 17.5 Å². The van der Waals surface area contributed by atoms with E-state index in [1.807, 2.05) is 0 Å². The Hall–Kier alpha value is 0.0900. The van der Waals surface area contributed by atoms with Gasteiger partial charge in [-0.3, -0.25) is 9.11 Å². The maximum atomic E-state index is 8.74. The van der Waals surface area contributed by atoms with E-state index in [9.17, 15) is 0 Å². The van der Waals surface area contributed by atoms with Crippen LogP contribution in [0.5, 0.6) is 0 Å². The van der Waals surface area contributed by atoms with Crippen LogP contribution in [0.4, 0.5) is 0 Å². The van der Waals surface area contributed by atoms with Crippen molar-refractivity contribution in [1.82, 2.24) is 0 Å². The molecule has 1 aromatic rings. The minimum absolute atomic E-state index is 0. The summed E-state index contributed by atoms with van der Waals surface area (Å²) in [7, 11) is -4.67. The van der Waals surface area contributed by atoms with Gasteiger partial charge in [0.05, 0.1) is 0 Å². The van der Waals surface area contributed by atoms with E-state index >= 15 is 0 Å². The number of hydrogen-bond donors (Lipinski definition) is 2. The fourth-order valence-electron chi connectivity index (χ4n) is 2.28. The molecule has 0 aromatic heterocycles. The Balaban J connectivity index is -0.000000554. The molecule has 0 spiro atoms. The molecule has 0 aliphatic carbocycles. The van der Waals surface area contributed by atoms with Gasteiger partial charge in [0.15, 0.2) is 0 Å². The summed E-state index contributed by atoms with van der Waals surface area (Å²) < 4.78 is 31.6. The SMILES string of the molecule is CCCCCCCCCCCc1ccccc1.O=S(=O)(O)O.[H-].[Na+]. The predicted molar refractivity (Wildman–Crippen MR) is 92.7 cm³/mol. The van der Waals surface area contributed by atoms with Crippen LogP contribution in [0, 0.1) is 0 Å². The first-order valence-corrected chi connectivity index (χ1v) is 9.57. The van der Waals surface area contributed by atoms with Crippen LogP contribution in [0.3, 0.4) is 0 Å². The molecule has 0 fully saturated rings. The van der Waals surface area contributed by atoms with Crippen molar-refractivity contribution in [1.29, 1.82) is 0 Å². The smallest absolute Gasteiger partial charge is 1.00 e. The first kappa shape index (κ1) is 25.3. The van der Waals surface area contributed by atoms with Crippen LogP contribution < -0.4 is 29.6 Å². The molecule has 23 heavy (non-hydrogen) atoms. The molecule has 6 heteroatoms. The third kappa shape index (κ3) is 24.5. The monoisotopic (exact) mass is 354 g/mol. The summed E-state index contributed by atoms with van der Waals surface area (Å²) in [6, 6.07) is 10.9. The first-order chi connectivity index (χ1) is 10.4. The second kappa shape index (κ2) is 16.9. The van der Waals surface area contributed by atoms with Crippen LogP contribution in [-0.4, -0.2) is 17.5 Å². The molecule has 0 atom stereocenters. The van der Waals surface area contributed by atoms with Crippen LogP contribution >= 0.6 is 0 Å². The number of aryl methyl sites for hydroxylation is 1. The number of hydrogen-bond acceptors (Lipinski definition) is 2. The van der Waals surface area contributed by atoms with Crippen molar-refractivity contribution in [3.8, 4) is 0 Å². The zero-order chi connectivity index (χ0) is 16.7. The van der Waals surface area contributed by atoms with Gasteiger partial charge in [0.25, 0.3) is 0 Å². The molecule has 0 amide bonds. The quantitative estimate of drug-likeness (QED) is 0.384. The van der Waals surface area contributed by atoms with E-state index in [2.05, 4.69) is 37.3 Å². The van der Waals surface area contributed by atoms with Crippen molar-refractivity contribution >= 4 is 10.4 Å². The Bertz CT molecular complexity index is 447. The van der Waals surface area contributed by atoms with E-state index in [-0.39, 0.29) is 31.0 Å². The van der Waals surface area contributed by atoms with Crippen molar-refractivity contribution in [2.24, 2.45) is 0 Å². The van der Waals surface area contributed by atoms with Gasteiger partial charge in [-0.25, -0.2) is 0 Å². The number of unbranched alkanes of at least 4 members (excludes halogenated alkanes) is 8. The van der Waals surface area contributed by atoms with Crippen molar-refractivity contribution in [3.05, 3.63) is 35.9 Å². The summed E-state index contributed by atoms with van der Waals surface area (Å²) in [4.78, 5) is 0. The van der Waals surface area contributed by atoms with Crippen molar-refractivity contribution in [2.45, 2.75) is 71.1 Å². The standard InChI is InChI=1S/C17H28.Na.H2O4S.H/c1-2-3-4-5-6-7-8-9-11-14-17-15-12-10-13-16-17;;1-5(2,3)4;/h10,12-13,15-16H,2-9,11,14H2,1H3;;(H2,1,2,3,4);/q;+1;;-1. The second-order valence-corrected chi connectivity index (χ2v) is 6.41. The van der Waals surface area contributed by atoms with Gasteiger partial charge < -0.3 is 1.43 Å². The molecular weight excluding hydrogens is 323 g/mol. The van der Waals surface area contributed by atoms with Crippen LogP contribution in [0.25, 0.3) is 0 Å². The topological polar surface area (TPSA) is 74.6 Å². The molecule has 0 aliphatic heterocycles. The van der Waals surface area contributed by atoms with Crippen molar-refractivity contribution in [3.63, 3.8) is 0 Å². The minimum atomic E-state index is -4.67. The maximum Gasteiger partial charge on any atom is 1.00 e. The van der Waals surface area contributed by atoms with Crippen molar-refractivity contribution in [2.75, 3.05) is 0 Å². The summed E-state index contributed by atoms with van der Waals surface area (Å²) in [6.45, 7) is 2.28. The normalized spacial score (nSPS) is 10.4. The van der Waals surface area contributed by atoms with E-state index in [1.54, 1.807) is 0 Å². The molecule has 0 unspecified atom stereocenters. The van der Waals surface area contributed by atoms with Gasteiger partial charge >= 0.3 is 40.0 Å². The average molecular weight is 354 g/mol. The van der Waals surface area contributed by atoms with Gasteiger partial charge in [-0.1, -0.05) is 88.6 Å². The van der Waals surface area contributed by atoms with Crippen LogP contribution in [0.1, 0.15) is 71.7 Å². The van der Waals surface area contributed by atoms with E-state index < -0.39 is 10.4 Å². The Morgan fingerprint density at radius 1 is 0.826 bits per heavy atom.